The molecule has 1 aliphatic carbocycles. The highest BCUT2D eigenvalue weighted by Gasteiger charge is 2.54. The van der Waals surface area contributed by atoms with Crippen LogP contribution in [0.4, 0.5) is 0 Å². The van der Waals surface area contributed by atoms with Crippen molar-refractivity contribution in [2.75, 3.05) is 26.2 Å². The molecule has 0 bridgehead atoms. The number of amides is 1. The molecule has 2 aromatic rings. The number of benzene rings is 1. The molecule has 3 aliphatic rings. The molecule has 1 aromatic carbocycles. The molecular weight excluding hydrogens is 376 g/mol. The van der Waals surface area contributed by atoms with Crippen LogP contribution in [0.15, 0.2) is 34.7 Å². The van der Waals surface area contributed by atoms with Gasteiger partial charge in [0, 0.05) is 44.2 Å². The van der Waals surface area contributed by atoms with Gasteiger partial charge in [-0.25, -0.2) is 4.98 Å². The van der Waals surface area contributed by atoms with Gasteiger partial charge in [0.25, 0.3) is 0 Å². The smallest absolute Gasteiger partial charge is 0.226 e. The van der Waals surface area contributed by atoms with Gasteiger partial charge in [0.2, 0.25) is 11.8 Å². The molecule has 3 fully saturated rings. The first kappa shape index (κ1) is 21.1. The molecule has 2 N–H and O–H groups in total. The molecule has 2 aliphatic heterocycles. The maximum absolute atomic E-state index is 12.2. The van der Waals surface area contributed by atoms with Crippen LogP contribution in [0.25, 0.3) is 11.5 Å². The van der Waals surface area contributed by atoms with E-state index in [9.17, 15) is 4.79 Å². The average molecular weight is 411 g/mol. The molecule has 0 unspecified atom stereocenters. The highest BCUT2D eigenvalue weighted by atomic mass is 16.4. The fourth-order valence-electron chi connectivity index (χ4n) is 4.64. The van der Waals surface area contributed by atoms with Crippen LogP contribution in [0.1, 0.15) is 44.6 Å². The molecule has 0 atom stereocenters. The van der Waals surface area contributed by atoms with Crippen LogP contribution < -0.4 is 10.6 Å². The van der Waals surface area contributed by atoms with Crippen molar-refractivity contribution in [1.82, 2.24) is 20.5 Å². The van der Waals surface area contributed by atoms with Gasteiger partial charge in [-0.2, -0.15) is 0 Å². The fraction of sp³-hybridized carbons (Fsp3) is 0.583. The molecule has 1 saturated carbocycles. The lowest BCUT2D eigenvalue weighted by Gasteiger charge is -2.58. The van der Waals surface area contributed by atoms with E-state index in [-0.39, 0.29) is 11.8 Å². The molecule has 162 valence electrons. The lowest BCUT2D eigenvalue weighted by Crippen LogP contribution is -2.65. The minimum absolute atomic E-state index is 0.214. The van der Waals surface area contributed by atoms with E-state index in [0.29, 0.717) is 17.3 Å². The summed E-state index contributed by atoms with van der Waals surface area (Å²) in [4.78, 5) is 19.4. The first-order chi connectivity index (χ1) is 14.5. The van der Waals surface area contributed by atoms with Crippen LogP contribution in [-0.2, 0) is 11.3 Å². The summed E-state index contributed by atoms with van der Waals surface area (Å²) < 4.78 is 5.87. The largest absolute Gasteiger partial charge is 0.441 e. The van der Waals surface area contributed by atoms with Crippen LogP contribution in [0.2, 0.25) is 0 Å². The monoisotopic (exact) mass is 410 g/mol. The number of aryl methyl sites for hydroxylation is 1. The minimum Gasteiger partial charge on any atom is -0.441 e. The molecule has 30 heavy (non-hydrogen) atoms. The predicted molar refractivity (Wildman–Crippen MR) is 118 cm³/mol. The fourth-order valence-corrected chi connectivity index (χ4v) is 4.64. The highest BCUT2D eigenvalue weighted by molar-refractivity contribution is 5.80. The molecule has 1 spiro atoms. The zero-order valence-corrected chi connectivity index (χ0v) is 18.4. The third-order valence-electron chi connectivity index (χ3n) is 6.26. The average Bonchev–Trinajstić information content (AvgIpc) is 3.01. The van der Waals surface area contributed by atoms with E-state index in [4.69, 9.17) is 9.40 Å². The first-order valence-corrected chi connectivity index (χ1v) is 11.3. The number of oxazole rings is 1. The van der Waals surface area contributed by atoms with Crippen molar-refractivity contribution in [1.29, 1.82) is 0 Å². The van der Waals surface area contributed by atoms with Crippen LogP contribution in [0, 0.1) is 18.3 Å². The second kappa shape index (κ2) is 8.90. The van der Waals surface area contributed by atoms with Gasteiger partial charge in [-0.05, 0) is 37.3 Å². The number of hydrogen-bond acceptors (Lipinski definition) is 5. The van der Waals surface area contributed by atoms with Crippen LogP contribution in [0.5, 0.6) is 0 Å². The van der Waals surface area contributed by atoms with Crippen molar-refractivity contribution in [2.24, 2.45) is 11.3 Å². The summed E-state index contributed by atoms with van der Waals surface area (Å²) in [7, 11) is 0. The van der Waals surface area contributed by atoms with Crippen molar-refractivity contribution in [3.8, 4) is 11.5 Å². The summed E-state index contributed by atoms with van der Waals surface area (Å²) in [5, 5.41) is 6.33. The Labute approximate surface area is 179 Å². The summed E-state index contributed by atoms with van der Waals surface area (Å²) >= 11 is 0. The van der Waals surface area contributed by atoms with Crippen LogP contribution >= 0.6 is 0 Å². The first-order valence-electron chi connectivity index (χ1n) is 11.3. The van der Waals surface area contributed by atoms with Gasteiger partial charge in [-0.1, -0.05) is 38.5 Å². The lowest BCUT2D eigenvalue weighted by atomic mass is 9.57. The Morgan fingerprint density at radius 2 is 1.90 bits per heavy atom. The summed E-state index contributed by atoms with van der Waals surface area (Å²) in [5.74, 6) is 2.07. The topological polar surface area (TPSA) is 70.4 Å². The summed E-state index contributed by atoms with van der Waals surface area (Å²) in [5.41, 5.74) is 2.40. The van der Waals surface area contributed by atoms with Crippen molar-refractivity contribution >= 4 is 5.91 Å². The van der Waals surface area contributed by atoms with Gasteiger partial charge < -0.3 is 15.1 Å². The molecule has 0 radical (unpaired) electrons. The summed E-state index contributed by atoms with van der Waals surface area (Å²) in [6.45, 7) is 11.0. The SMILES string of the molecule is CCC.Cc1oc(-c2ccccc2)nc1CN1CC2(CC(C(=O)NC3CNC3)C2)C1. The van der Waals surface area contributed by atoms with Crippen molar-refractivity contribution in [2.45, 2.75) is 52.6 Å². The summed E-state index contributed by atoms with van der Waals surface area (Å²) in [6.07, 6.45) is 3.31. The number of carbonyl (C=O) groups is 1. The van der Waals surface area contributed by atoms with E-state index >= 15 is 0 Å². The van der Waals surface area contributed by atoms with E-state index < -0.39 is 0 Å². The van der Waals surface area contributed by atoms with E-state index in [0.717, 1.165) is 62.6 Å². The van der Waals surface area contributed by atoms with E-state index in [1.165, 1.54) is 6.42 Å². The normalized spacial score (nSPS) is 20.5. The quantitative estimate of drug-likeness (QED) is 0.791. The Kier molecular flexibility index (Phi) is 6.25. The molecule has 6 heteroatoms. The highest BCUT2D eigenvalue weighted by Crippen LogP contribution is 2.52. The molecule has 1 amide bonds. The minimum atomic E-state index is 0.214. The lowest BCUT2D eigenvalue weighted by molar-refractivity contribution is -0.146. The second-order valence-corrected chi connectivity index (χ2v) is 9.21. The van der Waals surface area contributed by atoms with E-state index in [1.807, 2.05) is 37.3 Å². The van der Waals surface area contributed by atoms with Crippen molar-refractivity contribution < 1.29 is 9.21 Å². The van der Waals surface area contributed by atoms with Gasteiger partial charge in [0.15, 0.2) is 0 Å². The third kappa shape index (κ3) is 4.44. The number of nitrogens with zero attached hydrogens (tertiary/aromatic N) is 2. The second-order valence-electron chi connectivity index (χ2n) is 9.21. The number of likely N-dealkylation sites (tertiary alicyclic amines) is 1. The molecule has 1 aromatic heterocycles. The molecule has 3 heterocycles. The Morgan fingerprint density at radius 1 is 1.23 bits per heavy atom. The number of hydrogen-bond donors (Lipinski definition) is 2. The predicted octanol–water partition coefficient (Wildman–Crippen LogP) is 3.37. The Balaban J connectivity index is 0.000000687. The van der Waals surface area contributed by atoms with Gasteiger partial charge >= 0.3 is 0 Å². The van der Waals surface area contributed by atoms with E-state index in [1.54, 1.807) is 0 Å². The van der Waals surface area contributed by atoms with E-state index in [2.05, 4.69) is 29.4 Å². The Morgan fingerprint density at radius 3 is 2.50 bits per heavy atom. The van der Waals surface area contributed by atoms with Gasteiger partial charge in [-0.3, -0.25) is 9.69 Å². The van der Waals surface area contributed by atoms with Crippen molar-refractivity contribution in [3.63, 3.8) is 0 Å². The third-order valence-corrected chi connectivity index (χ3v) is 6.26. The Bertz CT molecular complexity index is 845. The number of carbonyl (C=O) groups excluding carboxylic acids is 1. The molecule has 5 rings (SSSR count). The molecular formula is C24H34N4O2. The van der Waals surface area contributed by atoms with Crippen molar-refractivity contribution in [3.05, 3.63) is 41.8 Å². The molecule has 6 nitrogen and oxygen atoms in total. The van der Waals surface area contributed by atoms with Gasteiger partial charge in [-0.15, -0.1) is 0 Å². The number of aromatic nitrogens is 1. The maximum Gasteiger partial charge on any atom is 0.226 e. The molecule has 2 saturated heterocycles. The zero-order valence-electron chi connectivity index (χ0n) is 18.4. The zero-order chi connectivity index (χ0) is 21.1. The van der Waals surface area contributed by atoms with Gasteiger partial charge in [0.05, 0.1) is 11.7 Å². The van der Waals surface area contributed by atoms with Crippen LogP contribution in [0.3, 0.4) is 0 Å². The van der Waals surface area contributed by atoms with Gasteiger partial charge in [0.1, 0.15) is 5.76 Å². The number of nitrogens with one attached hydrogen (secondary N) is 2. The summed E-state index contributed by atoms with van der Waals surface area (Å²) in [6, 6.07) is 10.4. The number of rotatable bonds is 5. The maximum atomic E-state index is 12.2. The standard InChI is InChI=1S/C21H26N4O2.C3H8/c1-14-18(24-20(27-14)15-5-3-2-4-6-15)11-25-12-21(13-25)7-16(8-21)19(26)23-17-9-22-10-17;1-3-2/h2-6,16-17,22H,7-13H2,1H3,(H,23,26);3H2,1-2H3. The van der Waals surface area contributed by atoms with Crippen LogP contribution in [-0.4, -0.2) is 48.0 Å². The Hall–Kier alpha value is -2.18.